The number of hydrogen-bond acceptors (Lipinski definition) is 1. The molecular weight excluding hydrogens is 260 g/mol. The summed E-state index contributed by atoms with van der Waals surface area (Å²) in [7, 11) is 0. The smallest absolute Gasteiger partial charge is 0.251 e. The molecule has 1 fully saturated rings. The van der Waals surface area contributed by atoms with E-state index in [1.165, 1.54) is 17.7 Å². The zero-order chi connectivity index (χ0) is 15.2. The van der Waals surface area contributed by atoms with Crippen molar-refractivity contribution in [1.29, 1.82) is 0 Å². The molecule has 3 heteroatoms. The van der Waals surface area contributed by atoms with Gasteiger partial charge >= 0.3 is 0 Å². The highest BCUT2D eigenvalue weighted by molar-refractivity contribution is 5.99. The van der Waals surface area contributed by atoms with E-state index in [0.717, 1.165) is 29.3 Å². The first-order chi connectivity index (χ1) is 9.85. The quantitative estimate of drug-likeness (QED) is 0.857. The highest BCUT2D eigenvalue weighted by atomic mass is 16.1. The van der Waals surface area contributed by atoms with E-state index in [9.17, 15) is 4.79 Å². The van der Waals surface area contributed by atoms with Crippen LogP contribution in [0.3, 0.4) is 0 Å². The van der Waals surface area contributed by atoms with Gasteiger partial charge in [-0.3, -0.25) is 4.79 Å². The summed E-state index contributed by atoms with van der Waals surface area (Å²) in [5.41, 5.74) is 4.61. The number of hydrogen-bond donors (Lipinski definition) is 2. The summed E-state index contributed by atoms with van der Waals surface area (Å²) in [6.07, 6.45) is 3.35. The molecule has 1 aromatic carbocycles. The van der Waals surface area contributed by atoms with Gasteiger partial charge in [0, 0.05) is 28.2 Å². The number of aryl methyl sites for hydroxylation is 2. The van der Waals surface area contributed by atoms with Crippen LogP contribution in [0.5, 0.6) is 0 Å². The largest absolute Gasteiger partial charge is 0.358 e. The highest BCUT2D eigenvalue weighted by Gasteiger charge is 2.31. The van der Waals surface area contributed by atoms with E-state index in [4.69, 9.17) is 0 Å². The molecule has 112 valence electrons. The summed E-state index contributed by atoms with van der Waals surface area (Å²) in [5, 5.41) is 4.34. The molecule has 1 atom stereocenters. The second kappa shape index (κ2) is 4.90. The van der Waals surface area contributed by atoms with Crippen LogP contribution in [0, 0.1) is 19.3 Å². The molecule has 3 rings (SSSR count). The molecule has 0 bridgehead atoms. The second-order valence-electron chi connectivity index (χ2n) is 7.21. The molecule has 0 aliphatic heterocycles. The Kier molecular flexibility index (Phi) is 3.31. The molecule has 1 heterocycles. The second-order valence-corrected chi connectivity index (χ2v) is 7.21. The van der Waals surface area contributed by atoms with Gasteiger partial charge in [-0.05, 0) is 62.3 Å². The van der Waals surface area contributed by atoms with Crippen LogP contribution in [0.2, 0.25) is 0 Å². The van der Waals surface area contributed by atoms with Crippen molar-refractivity contribution in [3.05, 3.63) is 35.0 Å². The summed E-state index contributed by atoms with van der Waals surface area (Å²) >= 11 is 0. The van der Waals surface area contributed by atoms with E-state index >= 15 is 0 Å². The minimum absolute atomic E-state index is 0.0536. The maximum atomic E-state index is 12.5. The van der Waals surface area contributed by atoms with Gasteiger partial charge in [-0.2, -0.15) is 0 Å². The summed E-state index contributed by atoms with van der Waals surface area (Å²) in [4.78, 5) is 15.8. The van der Waals surface area contributed by atoms with Crippen LogP contribution in [0.25, 0.3) is 10.9 Å². The molecule has 21 heavy (non-hydrogen) atoms. The predicted octanol–water partition coefficient (Wildman–Crippen LogP) is 4.09. The van der Waals surface area contributed by atoms with Crippen LogP contribution >= 0.6 is 0 Å². The van der Waals surface area contributed by atoms with Gasteiger partial charge in [0.25, 0.3) is 5.91 Å². The minimum atomic E-state index is 0.0536. The first kappa shape index (κ1) is 14.2. The number of fused-ring (bicyclic) bond motifs is 1. The summed E-state index contributed by atoms with van der Waals surface area (Å²) in [6, 6.07) is 6.23. The molecule has 0 spiro atoms. The van der Waals surface area contributed by atoms with Crippen LogP contribution in [0.4, 0.5) is 0 Å². The molecule has 1 amide bonds. The van der Waals surface area contributed by atoms with Gasteiger partial charge < -0.3 is 10.3 Å². The van der Waals surface area contributed by atoms with Crippen molar-refractivity contribution in [2.45, 2.75) is 53.0 Å². The Morgan fingerprint density at radius 2 is 2.10 bits per heavy atom. The van der Waals surface area contributed by atoms with Gasteiger partial charge in [0.2, 0.25) is 0 Å². The fourth-order valence-corrected chi connectivity index (χ4v) is 3.43. The van der Waals surface area contributed by atoms with E-state index in [1.54, 1.807) is 0 Å². The molecule has 3 nitrogen and oxygen atoms in total. The Bertz CT molecular complexity index is 697. The lowest BCUT2D eigenvalue weighted by atomic mass is 9.92. The van der Waals surface area contributed by atoms with Crippen molar-refractivity contribution in [2.75, 3.05) is 0 Å². The fraction of sp³-hybridized carbons (Fsp3) is 0.500. The number of benzene rings is 1. The van der Waals surface area contributed by atoms with Gasteiger partial charge in [-0.15, -0.1) is 0 Å². The average Bonchev–Trinajstić information content (AvgIpc) is 2.90. The molecule has 1 aliphatic rings. The predicted molar refractivity (Wildman–Crippen MR) is 86.7 cm³/mol. The van der Waals surface area contributed by atoms with Crippen LogP contribution in [0.15, 0.2) is 18.2 Å². The standard InChI is InChI=1S/C18H24N2O/c1-11-12(2)19-16-6-5-13(9-15(11)16)17(21)20-14-7-8-18(3,4)10-14/h5-6,9,14,19H,7-8,10H2,1-4H3,(H,20,21). The molecule has 2 aromatic rings. The monoisotopic (exact) mass is 284 g/mol. The number of aromatic amines is 1. The number of amides is 1. The summed E-state index contributed by atoms with van der Waals surface area (Å²) in [6.45, 7) is 8.71. The van der Waals surface area contributed by atoms with Crippen molar-refractivity contribution in [1.82, 2.24) is 10.3 Å². The molecule has 1 unspecified atom stereocenters. The van der Waals surface area contributed by atoms with Crippen molar-refractivity contribution in [2.24, 2.45) is 5.41 Å². The van der Waals surface area contributed by atoms with Gasteiger partial charge in [-0.1, -0.05) is 13.8 Å². The molecular formula is C18H24N2O. The maximum Gasteiger partial charge on any atom is 0.251 e. The lowest BCUT2D eigenvalue weighted by Gasteiger charge is -2.17. The Balaban J connectivity index is 1.80. The Morgan fingerprint density at radius 3 is 2.76 bits per heavy atom. The van der Waals surface area contributed by atoms with Crippen molar-refractivity contribution < 1.29 is 4.79 Å². The lowest BCUT2D eigenvalue weighted by Crippen LogP contribution is -2.33. The third kappa shape index (κ3) is 2.69. The van der Waals surface area contributed by atoms with Gasteiger partial charge in [0.05, 0.1) is 0 Å². The zero-order valence-electron chi connectivity index (χ0n) is 13.3. The maximum absolute atomic E-state index is 12.5. The summed E-state index contributed by atoms with van der Waals surface area (Å²) in [5.74, 6) is 0.0536. The van der Waals surface area contributed by atoms with Crippen LogP contribution in [0.1, 0.15) is 54.7 Å². The number of rotatable bonds is 2. The van der Waals surface area contributed by atoms with Crippen molar-refractivity contribution in [3.8, 4) is 0 Å². The summed E-state index contributed by atoms with van der Waals surface area (Å²) < 4.78 is 0. The number of nitrogens with one attached hydrogen (secondary N) is 2. The normalized spacial score (nSPS) is 20.9. The lowest BCUT2D eigenvalue weighted by molar-refractivity contribution is 0.0936. The molecule has 2 N–H and O–H groups in total. The van der Waals surface area contributed by atoms with Crippen molar-refractivity contribution in [3.63, 3.8) is 0 Å². The Morgan fingerprint density at radius 1 is 1.33 bits per heavy atom. The third-order valence-electron chi connectivity index (χ3n) is 4.87. The zero-order valence-corrected chi connectivity index (χ0v) is 13.3. The van der Waals surface area contributed by atoms with Gasteiger partial charge in [0.1, 0.15) is 0 Å². The fourth-order valence-electron chi connectivity index (χ4n) is 3.43. The molecule has 1 aliphatic carbocycles. The first-order valence-corrected chi connectivity index (χ1v) is 7.75. The topological polar surface area (TPSA) is 44.9 Å². The van der Waals surface area contributed by atoms with E-state index < -0.39 is 0 Å². The van der Waals surface area contributed by atoms with Crippen LogP contribution in [-0.4, -0.2) is 16.9 Å². The first-order valence-electron chi connectivity index (χ1n) is 7.75. The SMILES string of the molecule is Cc1[nH]c2ccc(C(=O)NC3CCC(C)(C)C3)cc2c1C. The highest BCUT2D eigenvalue weighted by Crippen LogP contribution is 2.37. The number of aromatic nitrogens is 1. The van der Waals surface area contributed by atoms with E-state index in [-0.39, 0.29) is 5.91 Å². The molecule has 0 saturated heterocycles. The Hall–Kier alpha value is -1.77. The Labute approximate surface area is 126 Å². The number of carbonyl (C=O) groups is 1. The minimum Gasteiger partial charge on any atom is -0.358 e. The molecule has 0 radical (unpaired) electrons. The van der Waals surface area contributed by atoms with E-state index in [0.29, 0.717) is 11.5 Å². The van der Waals surface area contributed by atoms with E-state index in [2.05, 4.69) is 38.0 Å². The van der Waals surface area contributed by atoms with Crippen LogP contribution in [-0.2, 0) is 0 Å². The third-order valence-corrected chi connectivity index (χ3v) is 4.87. The van der Waals surface area contributed by atoms with Crippen LogP contribution < -0.4 is 5.32 Å². The van der Waals surface area contributed by atoms with E-state index in [1.807, 2.05) is 18.2 Å². The average molecular weight is 284 g/mol. The number of carbonyl (C=O) groups excluding carboxylic acids is 1. The van der Waals surface area contributed by atoms with Gasteiger partial charge in [-0.25, -0.2) is 0 Å². The van der Waals surface area contributed by atoms with Crippen molar-refractivity contribution >= 4 is 16.8 Å². The molecule has 1 saturated carbocycles. The number of H-pyrrole nitrogens is 1. The molecule has 1 aromatic heterocycles. The van der Waals surface area contributed by atoms with Gasteiger partial charge in [0.15, 0.2) is 0 Å².